The number of benzene rings is 1. The Bertz CT molecular complexity index is 607. The standard InChI is InChI=1S/C20H30N4O2/c21-13-15-7-4-5-11-18(15)23-19(25)16-8-6-12-24(14-16)20(26)22-17-9-2-1-3-10-17/h1-3,9-10,15-16,18H,4-8,11-14,21H2,(H,22,26)(H,23,25). The molecule has 0 spiro atoms. The Morgan fingerprint density at radius 3 is 2.62 bits per heavy atom. The molecule has 6 heteroatoms. The second-order valence-electron chi connectivity index (χ2n) is 7.48. The number of piperidine rings is 1. The first-order valence-corrected chi connectivity index (χ1v) is 9.79. The number of nitrogens with zero attached hydrogens (tertiary/aromatic N) is 1. The van der Waals surface area contributed by atoms with E-state index in [1.807, 2.05) is 30.3 Å². The van der Waals surface area contributed by atoms with E-state index in [9.17, 15) is 9.59 Å². The average molecular weight is 358 g/mol. The van der Waals surface area contributed by atoms with Crippen molar-refractivity contribution in [3.8, 4) is 0 Å². The Morgan fingerprint density at radius 1 is 1.08 bits per heavy atom. The van der Waals surface area contributed by atoms with Crippen LogP contribution in [0.2, 0.25) is 0 Å². The first-order valence-electron chi connectivity index (χ1n) is 9.79. The van der Waals surface area contributed by atoms with Gasteiger partial charge in [0.2, 0.25) is 5.91 Å². The molecule has 3 atom stereocenters. The van der Waals surface area contributed by atoms with Crippen LogP contribution in [0.3, 0.4) is 0 Å². The quantitative estimate of drug-likeness (QED) is 0.773. The van der Waals surface area contributed by atoms with Crippen molar-refractivity contribution in [3.63, 3.8) is 0 Å². The van der Waals surface area contributed by atoms with Crippen molar-refractivity contribution in [1.82, 2.24) is 10.2 Å². The van der Waals surface area contributed by atoms with E-state index in [1.165, 1.54) is 6.42 Å². The van der Waals surface area contributed by atoms with Crippen molar-refractivity contribution >= 4 is 17.6 Å². The highest BCUT2D eigenvalue weighted by molar-refractivity contribution is 5.90. The van der Waals surface area contributed by atoms with Crippen molar-refractivity contribution in [1.29, 1.82) is 0 Å². The van der Waals surface area contributed by atoms with Crippen molar-refractivity contribution in [3.05, 3.63) is 30.3 Å². The zero-order chi connectivity index (χ0) is 18.4. The number of hydrogen-bond acceptors (Lipinski definition) is 3. The number of likely N-dealkylation sites (tertiary alicyclic amines) is 1. The maximum atomic E-state index is 12.7. The monoisotopic (exact) mass is 358 g/mol. The summed E-state index contributed by atoms with van der Waals surface area (Å²) in [6.45, 7) is 1.79. The van der Waals surface area contributed by atoms with Gasteiger partial charge in [0.15, 0.2) is 0 Å². The highest BCUT2D eigenvalue weighted by atomic mass is 16.2. The van der Waals surface area contributed by atoms with Gasteiger partial charge in [-0.2, -0.15) is 0 Å². The lowest BCUT2D eigenvalue weighted by Gasteiger charge is -2.35. The van der Waals surface area contributed by atoms with Crippen LogP contribution in [0.25, 0.3) is 0 Å². The predicted octanol–water partition coefficient (Wildman–Crippen LogP) is 2.56. The number of rotatable bonds is 4. The van der Waals surface area contributed by atoms with Crippen LogP contribution in [0.5, 0.6) is 0 Å². The molecule has 6 nitrogen and oxygen atoms in total. The summed E-state index contributed by atoms with van der Waals surface area (Å²) in [6.07, 6.45) is 6.14. The number of amides is 3. The Kier molecular flexibility index (Phi) is 6.50. The third kappa shape index (κ3) is 4.75. The molecule has 142 valence electrons. The fraction of sp³-hybridized carbons (Fsp3) is 0.600. The van der Waals surface area contributed by atoms with Crippen LogP contribution in [-0.2, 0) is 4.79 Å². The number of para-hydroxylation sites is 1. The molecule has 26 heavy (non-hydrogen) atoms. The van der Waals surface area contributed by atoms with Crippen LogP contribution in [0.1, 0.15) is 38.5 Å². The lowest BCUT2D eigenvalue weighted by molar-refractivity contribution is -0.127. The van der Waals surface area contributed by atoms with Gasteiger partial charge in [0.1, 0.15) is 0 Å². The molecule has 4 N–H and O–H groups in total. The first-order chi connectivity index (χ1) is 12.7. The Hall–Kier alpha value is -2.08. The minimum Gasteiger partial charge on any atom is -0.353 e. The topological polar surface area (TPSA) is 87.5 Å². The fourth-order valence-corrected chi connectivity index (χ4v) is 4.08. The molecular weight excluding hydrogens is 328 g/mol. The van der Waals surface area contributed by atoms with Gasteiger partial charge < -0.3 is 21.3 Å². The van der Waals surface area contributed by atoms with E-state index < -0.39 is 0 Å². The molecule has 3 rings (SSSR count). The van der Waals surface area contributed by atoms with Crippen LogP contribution >= 0.6 is 0 Å². The van der Waals surface area contributed by atoms with Crippen LogP contribution in [-0.4, -0.2) is 42.5 Å². The Morgan fingerprint density at radius 2 is 1.85 bits per heavy atom. The van der Waals surface area contributed by atoms with Gasteiger partial charge in [-0.15, -0.1) is 0 Å². The average Bonchev–Trinajstić information content (AvgIpc) is 2.69. The first kappa shape index (κ1) is 18.7. The molecule has 1 aliphatic carbocycles. The highest BCUT2D eigenvalue weighted by Gasteiger charge is 2.32. The van der Waals surface area contributed by atoms with Gasteiger partial charge >= 0.3 is 6.03 Å². The van der Waals surface area contributed by atoms with Crippen molar-refractivity contribution < 1.29 is 9.59 Å². The van der Waals surface area contributed by atoms with E-state index in [0.29, 0.717) is 25.6 Å². The summed E-state index contributed by atoms with van der Waals surface area (Å²) in [7, 11) is 0. The van der Waals surface area contributed by atoms with Gasteiger partial charge in [-0.1, -0.05) is 31.0 Å². The van der Waals surface area contributed by atoms with Crippen LogP contribution in [0.4, 0.5) is 10.5 Å². The van der Waals surface area contributed by atoms with Gasteiger partial charge in [0, 0.05) is 24.8 Å². The van der Waals surface area contributed by atoms with Crippen molar-refractivity contribution in [2.75, 3.05) is 25.0 Å². The normalized spacial score (nSPS) is 26.2. The molecule has 2 aliphatic rings. The van der Waals surface area contributed by atoms with Gasteiger partial charge in [0.25, 0.3) is 0 Å². The molecule has 2 fully saturated rings. The molecular formula is C20H30N4O2. The maximum absolute atomic E-state index is 12.7. The van der Waals surface area contributed by atoms with E-state index in [1.54, 1.807) is 4.90 Å². The number of anilines is 1. The molecule has 3 unspecified atom stereocenters. The molecule has 1 heterocycles. The molecule has 1 aliphatic heterocycles. The van der Waals surface area contributed by atoms with E-state index in [0.717, 1.165) is 37.8 Å². The molecule has 1 aromatic carbocycles. The maximum Gasteiger partial charge on any atom is 0.321 e. The third-order valence-electron chi connectivity index (χ3n) is 5.64. The number of urea groups is 1. The largest absolute Gasteiger partial charge is 0.353 e. The minimum absolute atomic E-state index is 0.0764. The molecule has 1 aromatic rings. The van der Waals surface area contributed by atoms with E-state index in [2.05, 4.69) is 10.6 Å². The highest BCUT2D eigenvalue weighted by Crippen LogP contribution is 2.25. The Labute approximate surface area is 155 Å². The Balaban J connectivity index is 1.54. The third-order valence-corrected chi connectivity index (χ3v) is 5.64. The van der Waals surface area contributed by atoms with Crippen LogP contribution in [0, 0.1) is 11.8 Å². The summed E-state index contributed by atoms with van der Waals surface area (Å²) in [5, 5.41) is 6.13. The molecule has 1 saturated heterocycles. The lowest BCUT2D eigenvalue weighted by atomic mass is 9.84. The smallest absolute Gasteiger partial charge is 0.321 e. The molecule has 0 radical (unpaired) electrons. The summed E-state index contributed by atoms with van der Waals surface area (Å²) in [5.41, 5.74) is 6.65. The lowest BCUT2D eigenvalue weighted by Crippen LogP contribution is -2.51. The summed E-state index contributed by atoms with van der Waals surface area (Å²) >= 11 is 0. The van der Waals surface area contributed by atoms with Gasteiger partial charge in [-0.3, -0.25) is 4.79 Å². The zero-order valence-electron chi connectivity index (χ0n) is 15.3. The van der Waals surface area contributed by atoms with Crippen molar-refractivity contribution in [2.24, 2.45) is 17.6 Å². The summed E-state index contributed by atoms with van der Waals surface area (Å²) < 4.78 is 0. The number of carbonyl (C=O) groups is 2. The van der Waals surface area contributed by atoms with Crippen LogP contribution in [0.15, 0.2) is 30.3 Å². The summed E-state index contributed by atoms with van der Waals surface area (Å²) in [4.78, 5) is 27.0. The number of nitrogens with one attached hydrogen (secondary N) is 2. The van der Waals surface area contributed by atoms with Crippen molar-refractivity contribution in [2.45, 2.75) is 44.6 Å². The summed E-state index contributed by atoms with van der Waals surface area (Å²) in [6, 6.07) is 9.47. The van der Waals surface area contributed by atoms with Crippen LogP contribution < -0.4 is 16.4 Å². The second-order valence-corrected chi connectivity index (χ2v) is 7.48. The number of nitrogens with two attached hydrogens (primary N) is 1. The SMILES string of the molecule is NCC1CCCCC1NC(=O)C1CCCN(C(=O)Nc2ccccc2)C1. The minimum atomic E-state index is -0.134. The van der Waals surface area contributed by atoms with Gasteiger partial charge in [-0.25, -0.2) is 4.79 Å². The molecule has 3 amide bonds. The van der Waals surface area contributed by atoms with E-state index >= 15 is 0 Å². The molecule has 1 saturated carbocycles. The molecule has 0 aromatic heterocycles. The summed E-state index contributed by atoms with van der Waals surface area (Å²) in [5.74, 6) is 0.326. The van der Waals surface area contributed by atoms with Gasteiger partial charge in [-0.05, 0) is 50.3 Å². The zero-order valence-corrected chi connectivity index (χ0v) is 15.3. The predicted molar refractivity (Wildman–Crippen MR) is 103 cm³/mol. The van der Waals surface area contributed by atoms with E-state index in [4.69, 9.17) is 5.73 Å². The van der Waals surface area contributed by atoms with E-state index in [-0.39, 0.29) is 23.9 Å². The number of carbonyl (C=O) groups excluding carboxylic acids is 2. The fourth-order valence-electron chi connectivity index (χ4n) is 4.08. The van der Waals surface area contributed by atoms with Gasteiger partial charge in [0.05, 0.1) is 5.92 Å². The number of hydrogen-bond donors (Lipinski definition) is 3. The second kappa shape index (κ2) is 9.03. The molecule has 0 bridgehead atoms.